The molecule has 0 bridgehead atoms. The summed E-state index contributed by atoms with van der Waals surface area (Å²) >= 11 is 0. The van der Waals surface area contributed by atoms with Crippen LogP contribution in [0.3, 0.4) is 0 Å². The lowest BCUT2D eigenvalue weighted by Gasteiger charge is -2.25. The zero-order chi connectivity index (χ0) is 21.0. The molecular weight excluding hydrogens is 373 g/mol. The fraction of sp³-hybridized carbons (Fsp3) is 0.286. The predicted molar refractivity (Wildman–Crippen MR) is 110 cm³/mol. The number of nitro groups is 1. The van der Waals surface area contributed by atoms with Crippen LogP contribution in [-0.2, 0) is 13.6 Å². The molecule has 0 aliphatic rings. The minimum Gasteiger partial charge on any atom is -0.311 e. The van der Waals surface area contributed by atoms with Crippen LogP contribution < -0.4 is 5.32 Å². The number of aromatic nitrogens is 2. The van der Waals surface area contributed by atoms with Gasteiger partial charge in [-0.3, -0.25) is 14.8 Å². The topological polar surface area (TPSA) is 76.2 Å². The Morgan fingerprint density at radius 2 is 1.97 bits per heavy atom. The highest BCUT2D eigenvalue weighted by atomic mass is 19.1. The summed E-state index contributed by atoms with van der Waals surface area (Å²) in [6.07, 6.45) is 1.93. The van der Waals surface area contributed by atoms with Crippen molar-refractivity contribution < 1.29 is 9.31 Å². The van der Waals surface area contributed by atoms with Gasteiger partial charge in [0.15, 0.2) is 0 Å². The number of non-ortho nitro benzene ring substituents is 1. The van der Waals surface area contributed by atoms with E-state index in [1.807, 2.05) is 38.3 Å². The Balaban J connectivity index is 1.73. The van der Waals surface area contributed by atoms with Gasteiger partial charge in [0.2, 0.25) is 0 Å². The van der Waals surface area contributed by atoms with Crippen LogP contribution >= 0.6 is 0 Å². The van der Waals surface area contributed by atoms with Gasteiger partial charge in [-0.15, -0.1) is 0 Å². The second kappa shape index (κ2) is 8.93. The predicted octanol–water partition coefficient (Wildman–Crippen LogP) is 3.53. The maximum Gasteiger partial charge on any atom is 0.269 e. The van der Waals surface area contributed by atoms with Gasteiger partial charge in [0, 0.05) is 55.6 Å². The zero-order valence-corrected chi connectivity index (χ0v) is 16.7. The number of likely N-dealkylation sites (N-methyl/N-ethyl adjacent to an activating group) is 1. The largest absolute Gasteiger partial charge is 0.311 e. The molecule has 2 aromatic carbocycles. The van der Waals surface area contributed by atoms with Crippen molar-refractivity contribution in [1.29, 1.82) is 0 Å². The van der Waals surface area contributed by atoms with Crippen molar-refractivity contribution in [3.8, 4) is 11.3 Å². The lowest BCUT2D eigenvalue weighted by Crippen LogP contribution is -2.31. The molecule has 1 atom stereocenters. The highest BCUT2D eigenvalue weighted by Gasteiger charge is 2.16. The second-order valence-electron chi connectivity index (χ2n) is 7.15. The summed E-state index contributed by atoms with van der Waals surface area (Å²) in [7, 11) is 5.76. The molecule has 0 saturated carbocycles. The third-order valence-corrected chi connectivity index (χ3v) is 4.77. The number of hydrogen-bond acceptors (Lipinski definition) is 5. The monoisotopic (exact) mass is 397 g/mol. The van der Waals surface area contributed by atoms with E-state index in [1.54, 1.807) is 28.9 Å². The highest BCUT2D eigenvalue weighted by molar-refractivity contribution is 5.64. The molecule has 0 aliphatic carbocycles. The molecule has 1 aromatic heterocycles. The zero-order valence-electron chi connectivity index (χ0n) is 16.7. The lowest BCUT2D eigenvalue weighted by molar-refractivity contribution is -0.384. The van der Waals surface area contributed by atoms with Crippen LogP contribution in [0.1, 0.15) is 17.2 Å². The number of rotatable bonds is 8. The molecule has 29 heavy (non-hydrogen) atoms. The van der Waals surface area contributed by atoms with Gasteiger partial charge in [0.25, 0.3) is 5.69 Å². The van der Waals surface area contributed by atoms with Crippen LogP contribution in [0.2, 0.25) is 0 Å². The van der Waals surface area contributed by atoms with E-state index in [1.165, 1.54) is 18.2 Å². The van der Waals surface area contributed by atoms with Crippen molar-refractivity contribution >= 4 is 5.69 Å². The normalized spacial score (nSPS) is 12.3. The summed E-state index contributed by atoms with van der Waals surface area (Å²) in [6, 6.07) is 13.0. The Labute approximate surface area is 168 Å². The minimum atomic E-state index is -0.418. The molecule has 1 N–H and O–H groups in total. The molecule has 3 rings (SSSR count). The molecule has 1 heterocycles. The van der Waals surface area contributed by atoms with Crippen LogP contribution in [0.25, 0.3) is 11.3 Å². The van der Waals surface area contributed by atoms with Gasteiger partial charge in [-0.1, -0.05) is 12.1 Å². The Bertz CT molecular complexity index is 985. The third-order valence-electron chi connectivity index (χ3n) is 4.77. The fourth-order valence-electron chi connectivity index (χ4n) is 3.31. The number of halogens is 1. The van der Waals surface area contributed by atoms with Crippen molar-refractivity contribution in [2.24, 2.45) is 7.05 Å². The van der Waals surface area contributed by atoms with Gasteiger partial charge in [0.05, 0.1) is 10.6 Å². The first-order valence-electron chi connectivity index (χ1n) is 9.25. The van der Waals surface area contributed by atoms with E-state index in [2.05, 4.69) is 10.4 Å². The quantitative estimate of drug-likeness (QED) is 0.465. The van der Waals surface area contributed by atoms with Gasteiger partial charge in [0.1, 0.15) is 5.82 Å². The SMILES string of the molecule is CN(C)C(CNCc1cn(C)nc1-c1ccc([N+](=O)[O-])cc1)c1cccc(F)c1. The number of nitrogens with zero attached hydrogens (tertiary/aromatic N) is 4. The first kappa shape index (κ1) is 20.6. The number of benzene rings is 2. The standard InChI is InChI=1S/C21H24FN5O2/c1-25(2)20(16-5-4-6-18(22)11-16)13-23-12-17-14-26(3)24-21(17)15-7-9-19(10-8-15)27(28)29/h4-11,14,20,23H,12-13H2,1-3H3. The average Bonchev–Trinajstić information content (AvgIpc) is 3.05. The first-order valence-corrected chi connectivity index (χ1v) is 9.25. The fourth-order valence-corrected chi connectivity index (χ4v) is 3.31. The van der Waals surface area contributed by atoms with Crippen molar-refractivity contribution in [3.63, 3.8) is 0 Å². The van der Waals surface area contributed by atoms with Crippen molar-refractivity contribution in [1.82, 2.24) is 20.0 Å². The molecule has 0 fully saturated rings. The number of nitro benzene ring substituents is 1. The van der Waals surface area contributed by atoms with E-state index in [0.29, 0.717) is 13.1 Å². The van der Waals surface area contributed by atoms with Gasteiger partial charge in [-0.25, -0.2) is 4.39 Å². The van der Waals surface area contributed by atoms with Gasteiger partial charge in [-0.05, 0) is 43.9 Å². The molecular formula is C21H24FN5O2. The Morgan fingerprint density at radius 3 is 2.59 bits per heavy atom. The van der Waals surface area contributed by atoms with Crippen LogP contribution in [-0.4, -0.2) is 40.2 Å². The Morgan fingerprint density at radius 1 is 1.24 bits per heavy atom. The van der Waals surface area contributed by atoms with Crippen LogP contribution in [0.5, 0.6) is 0 Å². The number of hydrogen-bond donors (Lipinski definition) is 1. The van der Waals surface area contributed by atoms with E-state index in [4.69, 9.17) is 0 Å². The molecule has 1 unspecified atom stereocenters. The summed E-state index contributed by atoms with van der Waals surface area (Å²) in [6.45, 7) is 1.20. The molecule has 3 aromatic rings. The summed E-state index contributed by atoms with van der Waals surface area (Å²) < 4.78 is 15.3. The van der Waals surface area contributed by atoms with Crippen LogP contribution in [0.4, 0.5) is 10.1 Å². The highest BCUT2D eigenvalue weighted by Crippen LogP contribution is 2.25. The maximum absolute atomic E-state index is 13.6. The van der Waals surface area contributed by atoms with Crippen LogP contribution in [0.15, 0.2) is 54.7 Å². The molecule has 0 aliphatic heterocycles. The van der Waals surface area contributed by atoms with Crippen molar-refractivity contribution in [3.05, 3.63) is 81.8 Å². The van der Waals surface area contributed by atoms with Gasteiger partial charge >= 0.3 is 0 Å². The minimum absolute atomic E-state index is 0.0187. The molecule has 0 radical (unpaired) electrons. The Kier molecular flexibility index (Phi) is 6.36. The van der Waals surface area contributed by atoms with E-state index in [9.17, 15) is 14.5 Å². The Hall–Kier alpha value is -3.10. The van der Waals surface area contributed by atoms with E-state index >= 15 is 0 Å². The first-order chi connectivity index (χ1) is 13.8. The molecule has 152 valence electrons. The molecule has 0 amide bonds. The summed E-state index contributed by atoms with van der Waals surface area (Å²) in [5.41, 5.74) is 3.54. The average molecular weight is 397 g/mol. The summed E-state index contributed by atoms with van der Waals surface area (Å²) in [5, 5.41) is 18.8. The van der Waals surface area contributed by atoms with E-state index in [-0.39, 0.29) is 17.5 Å². The molecule has 8 heteroatoms. The second-order valence-corrected chi connectivity index (χ2v) is 7.15. The van der Waals surface area contributed by atoms with Gasteiger partial charge in [-0.2, -0.15) is 5.10 Å². The van der Waals surface area contributed by atoms with Crippen LogP contribution in [0, 0.1) is 15.9 Å². The van der Waals surface area contributed by atoms with E-state index < -0.39 is 4.92 Å². The summed E-state index contributed by atoms with van der Waals surface area (Å²) in [4.78, 5) is 12.5. The molecule has 0 spiro atoms. The van der Waals surface area contributed by atoms with Gasteiger partial charge < -0.3 is 10.2 Å². The lowest BCUT2D eigenvalue weighted by atomic mass is 10.1. The van der Waals surface area contributed by atoms with Crippen molar-refractivity contribution in [2.45, 2.75) is 12.6 Å². The maximum atomic E-state index is 13.6. The van der Waals surface area contributed by atoms with Crippen molar-refractivity contribution in [2.75, 3.05) is 20.6 Å². The number of nitrogens with one attached hydrogen (secondary N) is 1. The molecule has 0 saturated heterocycles. The molecule has 7 nitrogen and oxygen atoms in total. The smallest absolute Gasteiger partial charge is 0.269 e. The summed E-state index contributed by atoms with van der Waals surface area (Å²) in [5.74, 6) is -0.248. The van der Waals surface area contributed by atoms with E-state index in [0.717, 1.165) is 22.4 Å². The number of aryl methyl sites for hydroxylation is 1. The third kappa shape index (κ3) is 5.04.